The minimum atomic E-state index is 0.157. The summed E-state index contributed by atoms with van der Waals surface area (Å²) >= 11 is 0. The van der Waals surface area contributed by atoms with Gasteiger partial charge in [0.15, 0.2) is 0 Å². The third kappa shape index (κ3) is 4.21. The van der Waals surface area contributed by atoms with E-state index in [1.807, 2.05) is 20.9 Å². The Bertz CT molecular complexity index is 737. The molecular formula is C22H32N2O3. The van der Waals surface area contributed by atoms with E-state index in [9.17, 15) is 0 Å². The average Bonchev–Trinajstić information content (AvgIpc) is 3.25. The summed E-state index contributed by atoms with van der Waals surface area (Å²) in [6.45, 7) is 8.64. The van der Waals surface area contributed by atoms with E-state index in [0.717, 1.165) is 25.3 Å². The highest BCUT2D eigenvalue weighted by Crippen LogP contribution is 2.37. The molecule has 1 aliphatic heterocycles. The molecular weight excluding hydrogens is 340 g/mol. The van der Waals surface area contributed by atoms with E-state index in [-0.39, 0.29) is 6.61 Å². The number of hydrogen-bond donors (Lipinski definition) is 1. The molecule has 3 rings (SSSR count). The third-order valence-corrected chi connectivity index (χ3v) is 5.31. The number of ether oxygens (including phenoxy) is 2. The van der Waals surface area contributed by atoms with E-state index in [1.165, 1.54) is 34.5 Å². The molecule has 148 valence electrons. The molecule has 1 aliphatic rings. The van der Waals surface area contributed by atoms with Crippen molar-refractivity contribution in [2.75, 3.05) is 38.3 Å². The predicted molar refractivity (Wildman–Crippen MR) is 109 cm³/mol. The van der Waals surface area contributed by atoms with Gasteiger partial charge in [-0.3, -0.25) is 0 Å². The van der Waals surface area contributed by atoms with Crippen LogP contribution >= 0.6 is 0 Å². The van der Waals surface area contributed by atoms with Gasteiger partial charge in [0, 0.05) is 55.9 Å². The topological polar surface area (TPSA) is 46.9 Å². The molecule has 0 saturated carbocycles. The van der Waals surface area contributed by atoms with E-state index in [4.69, 9.17) is 14.6 Å². The molecule has 0 bridgehead atoms. The number of aromatic nitrogens is 1. The van der Waals surface area contributed by atoms with E-state index < -0.39 is 0 Å². The smallest absolute Gasteiger partial charge is 0.0741 e. The number of benzene rings is 1. The Labute approximate surface area is 162 Å². The molecule has 2 heterocycles. The Balaban J connectivity index is 2.00. The van der Waals surface area contributed by atoms with E-state index in [0.29, 0.717) is 26.4 Å². The van der Waals surface area contributed by atoms with Gasteiger partial charge in [0.2, 0.25) is 0 Å². The number of hydrogen-bond acceptors (Lipinski definition) is 4. The highest BCUT2D eigenvalue weighted by molar-refractivity contribution is 5.70. The van der Waals surface area contributed by atoms with Crippen molar-refractivity contribution in [3.8, 4) is 11.3 Å². The number of rotatable bonds is 10. The second-order valence-corrected chi connectivity index (χ2v) is 6.97. The van der Waals surface area contributed by atoms with Crippen LogP contribution in [0.2, 0.25) is 0 Å². The molecule has 0 fully saturated rings. The summed E-state index contributed by atoms with van der Waals surface area (Å²) in [5.41, 5.74) is 7.62. The Morgan fingerprint density at radius 3 is 2.33 bits per heavy atom. The first-order valence-electron chi connectivity index (χ1n) is 10.0. The number of aliphatic hydroxyl groups is 1. The third-order valence-electron chi connectivity index (χ3n) is 5.31. The van der Waals surface area contributed by atoms with Gasteiger partial charge in [-0.1, -0.05) is 12.1 Å². The zero-order chi connectivity index (χ0) is 19.2. The maximum Gasteiger partial charge on any atom is 0.0741 e. The Hall–Kier alpha value is -1.82. The summed E-state index contributed by atoms with van der Waals surface area (Å²) in [5.74, 6) is 0. The standard InChI is InChI=1S/C22H32N2O3/c1-4-26-15-19-20(16-27-5-2)22(24-12-6-7-21(19)24)17-8-10-18(11-9-17)23(3)13-14-25/h8-11,25H,4-7,12-16H2,1-3H3. The molecule has 0 radical (unpaired) electrons. The van der Waals surface area contributed by atoms with Gasteiger partial charge >= 0.3 is 0 Å². The van der Waals surface area contributed by atoms with Crippen LogP contribution in [0.4, 0.5) is 5.69 Å². The first kappa shape index (κ1) is 19.9. The van der Waals surface area contributed by atoms with Crippen LogP contribution < -0.4 is 4.90 Å². The predicted octanol–water partition coefficient (Wildman–Crippen LogP) is 3.60. The fourth-order valence-corrected chi connectivity index (χ4v) is 3.93. The maximum atomic E-state index is 9.16. The largest absolute Gasteiger partial charge is 0.395 e. The average molecular weight is 373 g/mol. The van der Waals surface area contributed by atoms with Crippen LogP contribution in [0.3, 0.4) is 0 Å². The molecule has 0 saturated heterocycles. The second-order valence-electron chi connectivity index (χ2n) is 6.97. The zero-order valence-electron chi connectivity index (χ0n) is 16.8. The minimum absolute atomic E-state index is 0.157. The normalized spacial score (nSPS) is 13.2. The number of aliphatic hydroxyl groups excluding tert-OH is 1. The van der Waals surface area contributed by atoms with Gasteiger partial charge in [0.25, 0.3) is 0 Å². The zero-order valence-corrected chi connectivity index (χ0v) is 16.8. The van der Waals surface area contributed by atoms with Crippen LogP contribution in [0, 0.1) is 0 Å². The van der Waals surface area contributed by atoms with Gasteiger partial charge in [-0.05, 0) is 44.4 Å². The maximum absolute atomic E-state index is 9.16. The lowest BCUT2D eigenvalue weighted by Gasteiger charge is -2.18. The number of nitrogens with zero attached hydrogens (tertiary/aromatic N) is 2. The van der Waals surface area contributed by atoms with Gasteiger partial charge in [-0.2, -0.15) is 0 Å². The van der Waals surface area contributed by atoms with Crippen molar-refractivity contribution in [1.29, 1.82) is 0 Å². The Kier molecular flexibility index (Phi) is 6.94. The highest BCUT2D eigenvalue weighted by atomic mass is 16.5. The lowest BCUT2D eigenvalue weighted by atomic mass is 10.0. The van der Waals surface area contributed by atoms with E-state index in [2.05, 4.69) is 33.7 Å². The molecule has 1 aromatic carbocycles. The number of likely N-dealkylation sites (N-methyl/N-ethyl adjacent to an activating group) is 1. The van der Waals surface area contributed by atoms with Crippen molar-refractivity contribution < 1.29 is 14.6 Å². The van der Waals surface area contributed by atoms with Gasteiger partial charge in [-0.15, -0.1) is 0 Å². The van der Waals surface area contributed by atoms with Gasteiger partial charge < -0.3 is 24.0 Å². The fourth-order valence-electron chi connectivity index (χ4n) is 3.93. The van der Waals surface area contributed by atoms with Crippen molar-refractivity contribution in [3.05, 3.63) is 41.1 Å². The highest BCUT2D eigenvalue weighted by Gasteiger charge is 2.26. The van der Waals surface area contributed by atoms with Crippen LogP contribution in [0.15, 0.2) is 24.3 Å². The summed E-state index contributed by atoms with van der Waals surface area (Å²) in [7, 11) is 2.00. The van der Waals surface area contributed by atoms with Crippen molar-refractivity contribution in [1.82, 2.24) is 4.57 Å². The van der Waals surface area contributed by atoms with Crippen molar-refractivity contribution >= 4 is 5.69 Å². The summed E-state index contributed by atoms with van der Waals surface area (Å²) in [5, 5.41) is 9.16. The summed E-state index contributed by atoms with van der Waals surface area (Å²) < 4.78 is 14.1. The molecule has 0 atom stereocenters. The summed E-state index contributed by atoms with van der Waals surface area (Å²) in [4.78, 5) is 2.06. The molecule has 1 N–H and O–H groups in total. The molecule has 0 amide bonds. The van der Waals surface area contributed by atoms with Crippen molar-refractivity contribution in [2.24, 2.45) is 0 Å². The van der Waals surface area contributed by atoms with Crippen molar-refractivity contribution in [2.45, 2.75) is 46.4 Å². The molecule has 1 aromatic heterocycles. The molecule has 0 spiro atoms. The molecule has 5 nitrogen and oxygen atoms in total. The van der Waals surface area contributed by atoms with Crippen LogP contribution in [0.25, 0.3) is 11.3 Å². The lowest BCUT2D eigenvalue weighted by molar-refractivity contribution is 0.120. The fraction of sp³-hybridized carbons (Fsp3) is 0.545. The quantitative estimate of drug-likeness (QED) is 0.692. The van der Waals surface area contributed by atoms with E-state index in [1.54, 1.807) is 0 Å². The van der Waals surface area contributed by atoms with Gasteiger partial charge in [-0.25, -0.2) is 0 Å². The number of fused-ring (bicyclic) bond motifs is 1. The first-order chi connectivity index (χ1) is 13.2. The van der Waals surface area contributed by atoms with E-state index >= 15 is 0 Å². The SMILES string of the molecule is CCOCc1c(COCC)c(-c2ccc(N(C)CCO)cc2)n2c1CCC2. The Morgan fingerprint density at radius 2 is 1.70 bits per heavy atom. The van der Waals surface area contributed by atoms with Crippen LogP contribution in [0.1, 0.15) is 37.1 Å². The number of anilines is 1. The monoisotopic (exact) mass is 372 g/mol. The lowest BCUT2D eigenvalue weighted by Crippen LogP contribution is -2.20. The summed E-state index contributed by atoms with van der Waals surface area (Å²) in [6, 6.07) is 8.63. The molecule has 5 heteroatoms. The molecule has 27 heavy (non-hydrogen) atoms. The van der Waals surface area contributed by atoms with Crippen molar-refractivity contribution in [3.63, 3.8) is 0 Å². The second kappa shape index (κ2) is 9.40. The molecule has 0 aliphatic carbocycles. The van der Waals surface area contributed by atoms with Crippen LogP contribution in [-0.2, 0) is 35.7 Å². The minimum Gasteiger partial charge on any atom is -0.395 e. The van der Waals surface area contributed by atoms with Crippen LogP contribution in [-0.4, -0.2) is 43.1 Å². The summed E-state index contributed by atoms with van der Waals surface area (Å²) in [6.07, 6.45) is 2.30. The van der Waals surface area contributed by atoms with Gasteiger partial charge in [0.1, 0.15) is 0 Å². The Morgan fingerprint density at radius 1 is 1.04 bits per heavy atom. The molecule has 2 aromatic rings. The van der Waals surface area contributed by atoms with Crippen LogP contribution in [0.5, 0.6) is 0 Å². The molecule has 0 unspecified atom stereocenters. The van der Waals surface area contributed by atoms with Gasteiger partial charge in [0.05, 0.1) is 25.5 Å². The first-order valence-corrected chi connectivity index (χ1v) is 10.0.